The van der Waals surface area contributed by atoms with Crippen LogP contribution in [0.2, 0.25) is 0 Å². The van der Waals surface area contributed by atoms with Crippen LogP contribution < -0.4 is 5.73 Å². The lowest BCUT2D eigenvalue weighted by Crippen LogP contribution is -2.41. The Morgan fingerprint density at radius 1 is 1.47 bits per heavy atom. The van der Waals surface area contributed by atoms with E-state index in [1.807, 2.05) is 18.3 Å². The van der Waals surface area contributed by atoms with Crippen molar-refractivity contribution < 1.29 is 4.74 Å². The summed E-state index contributed by atoms with van der Waals surface area (Å²) in [5.41, 5.74) is 7.00. The molecule has 6 heteroatoms. The molecular formula is C13H17BrN4O. The van der Waals surface area contributed by atoms with Crippen LogP contribution in [0.15, 0.2) is 27.8 Å². The van der Waals surface area contributed by atoms with E-state index in [0.717, 1.165) is 36.2 Å². The smallest absolute Gasteiger partial charge is 0.192 e. The van der Waals surface area contributed by atoms with E-state index in [0.29, 0.717) is 12.5 Å². The fourth-order valence-corrected chi connectivity index (χ4v) is 2.83. The molecule has 2 aliphatic rings. The Morgan fingerprint density at radius 2 is 2.37 bits per heavy atom. The lowest BCUT2D eigenvalue weighted by atomic mass is 10.1. The summed E-state index contributed by atoms with van der Waals surface area (Å²) >= 11 is 3.40. The molecule has 0 radical (unpaired) electrons. The highest BCUT2D eigenvalue weighted by Gasteiger charge is 2.31. The number of aromatic nitrogens is 1. The van der Waals surface area contributed by atoms with Crippen molar-refractivity contribution in [2.45, 2.75) is 25.0 Å². The molecule has 0 amide bonds. The predicted octanol–water partition coefficient (Wildman–Crippen LogP) is 1.69. The number of pyridine rings is 1. The molecule has 0 aromatic carbocycles. The summed E-state index contributed by atoms with van der Waals surface area (Å²) in [7, 11) is 0. The van der Waals surface area contributed by atoms with Crippen LogP contribution in [0.1, 0.15) is 24.6 Å². The number of rotatable bonds is 3. The van der Waals surface area contributed by atoms with Gasteiger partial charge in [-0.1, -0.05) is 0 Å². The average molecular weight is 325 g/mol. The fourth-order valence-electron chi connectivity index (χ4n) is 2.60. The van der Waals surface area contributed by atoms with Crippen LogP contribution in [0, 0.1) is 0 Å². The molecule has 2 aliphatic heterocycles. The second-order valence-electron chi connectivity index (χ2n) is 4.90. The van der Waals surface area contributed by atoms with Crippen molar-refractivity contribution in [3.8, 4) is 0 Å². The average Bonchev–Trinajstić information content (AvgIpc) is 3.03. The molecule has 102 valence electrons. The van der Waals surface area contributed by atoms with Gasteiger partial charge in [-0.25, -0.2) is 0 Å². The molecular weight excluding hydrogens is 308 g/mol. The summed E-state index contributed by atoms with van der Waals surface area (Å²) in [6, 6.07) is 4.16. The van der Waals surface area contributed by atoms with Crippen molar-refractivity contribution >= 4 is 21.9 Å². The molecule has 1 fully saturated rings. The van der Waals surface area contributed by atoms with Gasteiger partial charge in [-0.05, 0) is 40.9 Å². The van der Waals surface area contributed by atoms with E-state index in [1.54, 1.807) is 0 Å². The SMILES string of the molecule is NC1=NCC(c2ccc(Br)cn2)N1CC1CCCO1. The van der Waals surface area contributed by atoms with Gasteiger partial charge in [0.15, 0.2) is 5.96 Å². The van der Waals surface area contributed by atoms with E-state index >= 15 is 0 Å². The molecule has 1 saturated heterocycles. The molecule has 0 saturated carbocycles. The number of guanidine groups is 1. The minimum absolute atomic E-state index is 0.136. The highest BCUT2D eigenvalue weighted by atomic mass is 79.9. The molecule has 3 heterocycles. The van der Waals surface area contributed by atoms with Gasteiger partial charge in [-0.2, -0.15) is 0 Å². The second-order valence-corrected chi connectivity index (χ2v) is 5.82. The highest BCUT2D eigenvalue weighted by molar-refractivity contribution is 9.10. The zero-order valence-corrected chi connectivity index (χ0v) is 12.2. The van der Waals surface area contributed by atoms with E-state index in [2.05, 4.69) is 30.8 Å². The first-order valence-corrected chi connectivity index (χ1v) is 7.33. The zero-order chi connectivity index (χ0) is 13.2. The Kier molecular flexibility index (Phi) is 3.70. The van der Waals surface area contributed by atoms with Gasteiger partial charge in [0.2, 0.25) is 0 Å². The van der Waals surface area contributed by atoms with Crippen LogP contribution >= 0.6 is 15.9 Å². The van der Waals surface area contributed by atoms with Crippen molar-refractivity contribution in [1.29, 1.82) is 0 Å². The standard InChI is InChI=1S/C13H17BrN4O/c14-9-3-4-11(16-6-9)12-7-17-13(15)18(12)8-10-2-1-5-19-10/h3-4,6,10,12H,1-2,5,7-8H2,(H2,15,17). The van der Waals surface area contributed by atoms with Gasteiger partial charge in [0.1, 0.15) is 0 Å². The molecule has 0 bridgehead atoms. The zero-order valence-electron chi connectivity index (χ0n) is 10.6. The number of nitrogens with two attached hydrogens (primary N) is 1. The third-order valence-corrected chi connectivity index (χ3v) is 4.08. The van der Waals surface area contributed by atoms with Crippen LogP contribution in [0.5, 0.6) is 0 Å². The van der Waals surface area contributed by atoms with Crippen LogP contribution in [0.3, 0.4) is 0 Å². The van der Waals surface area contributed by atoms with Crippen molar-refractivity contribution in [2.24, 2.45) is 10.7 Å². The van der Waals surface area contributed by atoms with Gasteiger partial charge in [0, 0.05) is 23.8 Å². The highest BCUT2D eigenvalue weighted by Crippen LogP contribution is 2.26. The quantitative estimate of drug-likeness (QED) is 0.919. The molecule has 2 unspecified atom stereocenters. The molecule has 3 rings (SSSR count). The largest absolute Gasteiger partial charge is 0.376 e. The van der Waals surface area contributed by atoms with Gasteiger partial charge in [0.05, 0.1) is 24.4 Å². The monoisotopic (exact) mass is 324 g/mol. The van der Waals surface area contributed by atoms with Crippen LogP contribution in [0.25, 0.3) is 0 Å². The minimum Gasteiger partial charge on any atom is -0.376 e. The maximum absolute atomic E-state index is 6.00. The molecule has 5 nitrogen and oxygen atoms in total. The van der Waals surface area contributed by atoms with E-state index in [1.165, 1.54) is 0 Å². The Hall–Kier alpha value is -1.14. The number of aliphatic imine (C=N–C) groups is 1. The van der Waals surface area contributed by atoms with Gasteiger partial charge in [0.25, 0.3) is 0 Å². The van der Waals surface area contributed by atoms with Crippen LogP contribution in [-0.4, -0.2) is 41.6 Å². The number of hydrogen-bond acceptors (Lipinski definition) is 5. The molecule has 1 aromatic rings. The Balaban J connectivity index is 1.75. The normalized spacial score (nSPS) is 26.8. The Bertz CT molecular complexity index is 470. The van der Waals surface area contributed by atoms with Crippen LogP contribution in [0.4, 0.5) is 0 Å². The molecule has 0 aliphatic carbocycles. The Labute approximate surface area is 121 Å². The van der Waals surface area contributed by atoms with E-state index in [9.17, 15) is 0 Å². The summed E-state index contributed by atoms with van der Waals surface area (Å²) in [4.78, 5) is 10.9. The second kappa shape index (κ2) is 5.46. The van der Waals surface area contributed by atoms with Crippen molar-refractivity contribution in [1.82, 2.24) is 9.88 Å². The third-order valence-electron chi connectivity index (χ3n) is 3.61. The summed E-state index contributed by atoms with van der Waals surface area (Å²) in [6.45, 7) is 2.34. The first kappa shape index (κ1) is 12.9. The van der Waals surface area contributed by atoms with E-state index in [4.69, 9.17) is 10.5 Å². The number of hydrogen-bond donors (Lipinski definition) is 1. The predicted molar refractivity (Wildman–Crippen MR) is 76.8 cm³/mol. The number of ether oxygens (including phenoxy) is 1. The molecule has 0 spiro atoms. The Morgan fingerprint density at radius 3 is 3.05 bits per heavy atom. The van der Waals surface area contributed by atoms with Gasteiger partial charge >= 0.3 is 0 Å². The lowest BCUT2D eigenvalue weighted by Gasteiger charge is -2.28. The molecule has 1 aromatic heterocycles. The third kappa shape index (κ3) is 2.74. The molecule has 19 heavy (non-hydrogen) atoms. The maximum Gasteiger partial charge on any atom is 0.192 e. The minimum atomic E-state index is 0.136. The van der Waals surface area contributed by atoms with Crippen molar-refractivity contribution in [2.75, 3.05) is 19.7 Å². The summed E-state index contributed by atoms with van der Waals surface area (Å²) < 4.78 is 6.67. The van der Waals surface area contributed by atoms with Gasteiger partial charge in [-0.15, -0.1) is 0 Å². The summed E-state index contributed by atoms with van der Waals surface area (Å²) in [6.07, 6.45) is 4.32. The van der Waals surface area contributed by atoms with Crippen molar-refractivity contribution in [3.63, 3.8) is 0 Å². The number of nitrogens with zero attached hydrogens (tertiary/aromatic N) is 3. The van der Waals surface area contributed by atoms with E-state index < -0.39 is 0 Å². The lowest BCUT2D eigenvalue weighted by molar-refractivity contribution is 0.0849. The topological polar surface area (TPSA) is 63.7 Å². The molecule has 2 atom stereocenters. The first-order valence-electron chi connectivity index (χ1n) is 6.53. The van der Waals surface area contributed by atoms with Gasteiger partial charge in [-0.3, -0.25) is 9.98 Å². The van der Waals surface area contributed by atoms with Gasteiger partial charge < -0.3 is 15.4 Å². The number of halogens is 1. The summed E-state index contributed by atoms with van der Waals surface area (Å²) in [5, 5.41) is 0. The van der Waals surface area contributed by atoms with E-state index in [-0.39, 0.29) is 12.1 Å². The summed E-state index contributed by atoms with van der Waals surface area (Å²) in [5.74, 6) is 0.602. The fraction of sp³-hybridized carbons (Fsp3) is 0.538. The van der Waals surface area contributed by atoms with Crippen molar-refractivity contribution in [3.05, 3.63) is 28.5 Å². The maximum atomic E-state index is 6.00. The first-order chi connectivity index (χ1) is 9.24. The molecule has 2 N–H and O–H groups in total. The van der Waals surface area contributed by atoms with Crippen LogP contribution in [-0.2, 0) is 4.74 Å².